The summed E-state index contributed by atoms with van der Waals surface area (Å²) in [5.74, 6) is -2.79. The molecule has 2 N–H and O–H groups in total. The quantitative estimate of drug-likeness (QED) is 0.789. The summed E-state index contributed by atoms with van der Waals surface area (Å²) in [6, 6.07) is 3.41. The molecular formula is C22H20F3N3O2. The molecule has 1 aliphatic carbocycles. The highest BCUT2D eigenvalue weighted by Crippen LogP contribution is 2.61. The van der Waals surface area contributed by atoms with Gasteiger partial charge < -0.3 is 15.4 Å². The third kappa shape index (κ3) is 3.11. The van der Waals surface area contributed by atoms with Gasteiger partial charge in [0.2, 0.25) is 5.91 Å². The predicted molar refractivity (Wildman–Crippen MR) is 104 cm³/mol. The number of rotatable bonds is 4. The van der Waals surface area contributed by atoms with E-state index in [-0.39, 0.29) is 40.8 Å². The number of ether oxygens (including phenoxy) is 1. The van der Waals surface area contributed by atoms with E-state index in [9.17, 15) is 18.0 Å². The molecule has 1 saturated carbocycles. The predicted octanol–water partition coefficient (Wildman–Crippen LogP) is 4.12. The van der Waals surface area contributed by atoms with Gasteiger partial charge in [0.1, 0.15) is 11.4 Å². The van der Waals surface area contributed by atoms with Gasteiger partial charge in [-0.1, -0.05) is 0 Å². The Kier molecular flexibility index (Phi) is 4.27. The molecule has 3 aliphatic rings. The van der Waals surface area contributed by atoms with Gasteiger partial charge in [-0.3, -0.25) is 9.78 Å². The zero-order chi connectivity index (χ0) is 21.0. The van der Waals surface area contributed by atoms with E-state index < -0.39 is 17.5 Å². The summed E-state index contributed by atoms with van der Waals surface area (Å²) in [4.78, 5) is 16.9. The van der Waals surface area contributed by atoms with Crippen LogP contribution < -0.4 is 15.4 Å². The van der Waals surface area contributed by atoms with Crippen LogP contribution in [0.25, 0.3) is 5.57 Å². The van der Waals surface area contributed by atoms with E-state index in [2.05, 4.69) is 15.6 Å². The highest BCUT2D eigenvalue weighted by Gasteiger charge is 2.54. The van der Waals surface area contributed by atoms with E-state index in [0.717, 1.165) is 36.2 Å². The van der Waals surface area contributed by atoms with Crippen molar-refractivity contribution in [2.24, 2.45) is 5.41 Å². The van der Waals surface area contributed by atoms with Crippen molar-refractivity contribution in [1.29, 1.82) is 0 Å². The lowest BCUT2D eigenvalue weighted by Gasteiger charge is -2.33. The number of aromatic nitrogens is 1. The van der Waals surface area contributed by atoms with Crippen molar-refractivity contribution >= 4 is 17.2 Å². The van der Waals surface area contributed by atoms with Crippen molar-refractivity contribution in [2.45, 2.75) is 32.1 Å². The first-order chi connectivity index (χ1) is 14.4. The van der Waals surface area contributed by atoms with E-state index in [1.165, 1.54) is 12.3 Å². The molecule has 0 radical (unpaired) electrons. The minimum absolute atomic E-state index is 0.0684. The van der Waals surface area contributed by atoms with Crippen LogP contribution in [0.15, 0.2) is 30.1 Å². The molecule has 1 spiro atoms. The summed E-state index contributed by atoms with van der Waals surface area (Å²) in [5, 5.41) is 5.73. The Bertz CT molecular complexity index is 1100. The van der Waals surface area contributed by atoms with Crippen LogP contribution in [0.5, 0.6) is 5.75 Å². The number of nitrogens with zero attached hydrogens (tertiary/aromatic N) is 1. The largest absolute Gasteiger partial charge is 0.493 e. The number of nitrogens with one attached hydrogen (secondary N) is 2. The Morgan fingerprint density at radius 2 is 2.00 bits per heavy atom. The van der Waals surface area contributed by atoms with E-state index in [1.54, 1.807) is 0 Å². The Hall–Kier alpha value is -3.03. The molecule has 2 aliphatic heterocycles. The second-order valence-corrected chi connectivity index (χ2v) is 8.27. The number of hydrogen-bond donors (Lipinski definition) is 2. The number of halogens is 3. The number of carbonyl (C=O) groups is 1. The van der Waals surface area contributed by atoms with Crippen LogP contribution >= 0.6 is 0 Å². The van der Waals surface area contributed by atoms with Crippen LogP contribution in [-0.2, 0) is 4.79 Å². The van der Waals surface area contributed by atoms with Crippen LogP contribution in [0.3, 0.4) is 0 Å². The zero-order valence-electron chi connectivity index (χ0n) is 16.3. The van der Waals surface area contributed by atoms with Crippen molar-refractivity contribution in [2.75, 3.05) is 18.5 Å². The molecule has 8 heteroatoms. The summed E-state index contributed by atoms with van der Waals surface area (Å²) >= 11 is 0. The second kappa shape index (κ2) is 6.75. The highest BCUT2D eigenvalue weighted by atomic mass is 19.2. The smallest absolute Gasteiger partial charge is 0.225 e. The molecule has 2 aromatic rings. The number of pyridine rings is 1. The van der Waals surface area contributed by atoms with Gasteiger partial charge in [-0.2, -0.15) is 0 Å². The normalized spacial score (nSPS) is 20.7. The molecule has 1 atom stereocenters. The molecule has 1 fully saturated rings. The van der Waals surface area contributed by atoms with Gasteiger partial charge in [-0.05, 0) is 25.8 Å². The monoisotopic (exact) mass is 415 g/mol. The fourth-order valence-electron chi connectivity index (χ4n) is 4.31. The van der Waals surface area contributed by atoms with Crippen molar-refractivity contribution in [3.63, 3.8) is 0 Å². The first-order valence-corrected chi connectivity index (χ1v) is 9.87. The fraction of sp³-hybridized carbons (Fsp3) is 0.364. The minimum atomic E-state index is -0.975. The average molecular weight is 415 g/mol. The average Bonchev–Trinajstić information content (AvgIpc) is 3.47. The summed E-state index contributed by atoms with van der Waals surface area (Å²) < 4.78 is 47.5. The molecule has 0 saturated heterocycles. The number of hydrogen-bond acceptors (Lipinski definition) is 4. The van der Waals surface area contributed by atoms with Crippen molar-refractivity contribution in [3.8, 4) is 5.75 Å². The van der Waals surface area contributed by atoms with Gasteiger partial charge in [0.05, 0.1) is 18.5 Å². The molecular weight excluding hydrogens is 395 g/mol. The first-order valence-electron chi connectivity index (χ1n) is 9.87. The molecule has 5 nitrogen and oxygen atoms in total. The second-order valence-electron chi connectivity index (χ2n) is 8.27. The van der Waals surface area contributed by atoms with Crippen LogP contribution in [0.1, 0.15) is 43.4 Å². The molecule has 1 aromatic heterocycles. The Morgan fingerprint density at radius 1 is 1.23 bits per heavy atom. The van der Waals surface area contributed by atoms with E-state index in [0.29, 0.717) is 18.7 Å². The maximum absolute atomic E-state index is 14.4. The maximum Gasteiger partial charge on any atom is 0.225 e. The van der Waals surface area contributed by atoms with Gasteiger partial charge in [-0.15, -0.1) is 0 Å². The summed E-state index contributed by atoms with van der Waals surface area (Å²) in [5.41, 5.74) is 2.51. The molecule has 3 heterocycles. The number of carbonyl (C=O) groups excluding carboxylic acids is 1. The number of amides is 1. The van der Waals surface area contributed by atoms with Gasteiger partial charge in [0.15, 0.2) is 17.5 Å². The molecule has 1 aromatic carbocycles. The molecule has 30 heavy (non-hydrogen) atoms. The van der Waals surface area contributed by atoms with Crippen LogP contribution in [-0.4, -0.2) is 24.0 Å². The summed E-state index contributed by atoms with van der Waals surface area (Å²) in [6.07, 6.45) is 3.21. The lowest BCUT2D eigenvalue weighted by Crippen LogP contribution is -2.31. The van der Waals surface area contributed by atoms with Crippen LogP contribution in [0, 0.1) is 22.9 Å². The molecule has 156 valence electrons. The summed E-state index contributed by atoms with van der Waals surface area (Å²) in [6.45, 7) is 2.78. The highest BCUT2D eigenvalue weighted by molar-refractivity contribution is 5.91. The first kappa shape index (κ1) is 19.0. The summed E-state index contributed by atoms with van der Waals surface area (Å²) in [7, 11) is 0. The van der Waals surface area contributed by atoms with Crippen molar-refractivity contribution < 1.29 is 22.7 Å². The molecule has 0 bridgehead atoms. The van der Waals surface area contributed by atoms with Gasteiger partial charge in [-0.25, -0.2) is 13.2 Å². The number of allylic oxidation sites excluding steroid dienone is 1. The fourth-order valence-corrected chi connectivity index (χ4v) is 4.31. The number of anilines is 1. The lowest BCUT2D eigenvalue weighted by atomic mass is 9.79. The molecule has 1 amide bonds. The number of fused-ring (bicyclic) bond motifs is 1. The standard InChI is InChI=1S/C22H20F3N3O2/c1-11-14(9-26-11)21-18(25)4-12(8-27-21)28-20(29)6-15-13-5-16(23)17(24)7-19(13)30-10-22(15)2-3-22/h4-5,7-8,15,26H,2-3,6,9-10H2,1H3,(H,28,29). The van der Waals surface area contributed by atoms with E-state index >= 15 is 0 Å². The Labute approximate surface area is 171 Å². The lowest BCUT2D eigenvalue weighted by molar-refractivity contribution is -0.117. The van der Waals surface area contributed by atoms with Gasteiger partial charge >= 0.3 is 0 Å². The molecule has 5 rings (SSSR count). The van der Waals surface area contributed by atoms with Gasteiger partial charge in [0, 0.05) is 53.3 Å². The number of benzene rings is 1. The van der Waals surface area contributed by atoms with Crippen molar-refractivity contribution in [3.05, 3.63) is 58.8 Å². The van der Waals surface area contributed by atoms with Crippen molar-refractivity contribution in [1.82, 2.24) is 10.3 Å². The van der Waals surface area contributed by atoms with Crippen LogP contribution in [0.2, 0.25) is 0 Å². The Balaban J connectivity index is 1.35. The Morgan fingerprint density at radius 3 is 2.63 bits per heavy atom. The third-order valence-corrected chi connectivity index (χ3v) is 6.36. The SMILES string of the molecule is CC1=C(c2ncc(NC(=O)CC3c4cc(F)c(F)cc4OCC34CC4)cc2F)CN1. The van der Waals surface area contributed by atoms with E-state index in [4.69, 9.17) is 4.74 Å². The minimum Gasteiger partial charge on any atom is -0.493 e. The van der Waals surface area contributed by atoms with Gasteiger partial charge in [0.25, 0.3) is 0 Å². The molecule has 1 unspecified atom stereocenters. The third-order valence-electron chi connectivity index (χ3n) is 6.36. The van der Waals surface area contributed by atoms with Crippen LogP contribution in [0.4, 0.5) is 18.9 Å². The maximum atomic E-state index is 14.4. The topological polar surface area (TPSA) is 63.2 Å². The zero-order valence-corrected chi connectivity index (χ0v) is 16.3. The van der Waals surface area contributed by atoms with E-state index in [1.807, 2.05) is 6.92 Å².